The average Bonchev–Trinajstić information content (AvgIpc) is 2.38. The Morgan fingerprint density at radius 3 is 2.55 bits per heavy atom. The lowest BCUT2D eigenvalue weighted by atomic mass is 10.2. The van der Waals surface area contributed by atoms with E-state index in [4.69, 9.17) is 28.5 Å². The first-order valence-electron chi connectivity index (χ1n) is 5.26. The molecule has 102 valence electrons. The Morgan fingerprint density at radius 1 is 1.20 bits per heavy atom. The Hall–Kier alpha value is -1.81. The van der Waals surface area contributed by atoms with Crippen molar-refractivity contribution in [1.29, 1.82) is 5.26 Å². The molecule has 0 aliphatic rings. The minimum atomic E-state index is -3.79. The van der Waals surface area contributed by atoms with Crippen LogP contribution in [-0.4, -0.2) is 13.4 Å². The molecular weight excluding hydrogens is 321 g/mol. The number of pyridine rings is 1. The number of nitrogens with zero attached hydrogens (tertiary/aromatic N) is 2. The van der Waals surface area contributed by atoms with Crippen LogP contribution in [0.4, 0.5) is 5.69 Å². The Balaban J connectivity index is 2.34. The van der Waals surface area contributed by atoms with Gasteiger partial charge in [0.1, 0.15) is 11.2 Å². The fraction of sp³-hybridized carbons (Fsp3) is 0. The summed E-state index contributed by atoms with van der Waals surface area (Å²) in [6, 6.07) is 8.68. The molecule has 20 heavy (non-hydrogen) atoms. The van der Waals surface area contributed by atoms with Crippen LogP contribution in [0.15, 0.2) is 41.4 Å². The van der Waals surface area contributed by atoms with Crippen LogP contribution in [0, 0.1) is 11.3 Å². The first-order chi connectivity index (χ1) is 9.42. The van der Waals surface area contributed by atoms with Crippen LogP contribution in [0.3, 0.4) is 0 Å². The van der Waals surface area contributed by atoms with Crippen molar-refractivity contribution in [3.05, 3.63) is 52.3 Å². The van der Waals surface area contributed by atoms with Crippen molar-refractivity contribution in [2.75, 3.05) is 4.72 Å². The lowest BCUT2D eigenvalue weighted by Gasteiger charge is -2.08. The molecule has 1 N–H and O–H groups in total. The summed E-state index contributed by atoms with van der Waals surface area (Å²) >= 11 is 11.5. The molecular formula is C12H7Cl2N3O2S. The number of nitriles is 1. The fourth-order valence-electron chi connectivity index (χ4n) is 1.44. The van der Waals surface area contributed by atoms with E-state index in [1.54, 1.807) is 0 Å². The number of aromatic nitrogens is 1. The predicted octanol–water partition coefficient (Wildman–Crippen LogP) is 3.06. The zero-order valence-corrected chi connectivity index (χ0v) is 12.2. The maximum absolute atomic E-state index is 12.1. The number of halogens is 2. The van der Waals surface area contributed by atoms with Gasteiger partial charge in [0.15, 0.2) is 0 Å². The Bertz CT molecular complexity index is 801. The fourth-order valence-corrected chi connectivity index (χ4v) is 2.96. The van der Waals surface area contributed by atoms with Crippen molar-refractivity contribution in [3.63, 3.8) is 0 Å². The van der Waals surface area contributed by atoms with Gasteiger partial charge in [-0.3, -0.25) is 4.72 Å². The van der Waals surface area contributed by atoms with E-state index in [2.05, 4.69) is 9.71 Å². The maximum atomic E-state index is 12.1. The topological polar surface area (TPSA) is 82.9 Å². The van der Waals surface area contributed by atoms with Gasteiger partial charge in [0.2, 0.25) is 0 Å². The van der Waals surface area contributed by atoms with Gasteiger partial charge in [-0.1, -0.05) is 23.2 Å². The van der Waals surface area contributed by atoms with Crippen LogP contribution in [0.25, 0.3) is 0 Å². The SMILES string of the molecule is N#Cc1ccc(NS(=O)(=O)c2ccnc(Cl)c2)cc1Cl. The molecule has 0 unspecified atom stereocenters. The summed E-state index contributed by atoms with van der Waals surface area (Å²) in [4.78, 5) is 3.70. The molecule has 1 aromatic heterocycles. The minimum Gasteiger partial charge on any atom is -0.280 e. The second-order valence-electron chi connectivity index (χ2n) is 3.73. The Labute approximate surface area is 125 Å². The number of anilines is 1. The van der Waals surface area contributed by atoms with Crippen molar-refractivity contribution in [2.24, 2.45) is 0 Å². The number of benzene rings is 1. The summed E-state index contributed by atoms with van der Waals surface area (Å²) in [5, 5.41) is 9.00. The van der Waals surface area contributed by atoms with Gasteiger partial charge < -0.3 is 0 Å². The second-order valence-corrected chi connectivity index (χ2v) is 6.20. The van der Waals surface area contributed by atoms with E-state index in [1.807, 2.05) is 6.07 Å². The molecule has 0 fully saturated rings. The van der Waals surface area contributed by atoms with Gasteiger partial charge in [-0.25, -0.2) is 13.4 Å². The van der Waals surface area contributed by atoms with Gasteiger partial charge in [0, 0.05) is 6.20 Å². The molecule has 0 saturated carbocycles. The molecule has 8 heteroatoms. The first kappa shape index (κ1) is 14.6. The van der Waals surface area contributed by atoms with Gasteiger partial charge in [-0.05, 0) is 30.3 Å². The van der Waals surface area contributed by atoms with E-state index >= 15 is 0 Å². The van der Waals surface area contributed by atoms with Gasteiger partial charge in [0.05, 0.1) is 21.2 Å². The molecule has 0 saturated heterocycles. The molecule has 5 nitrogen and oxygen atoms in total. The summed E-state index contributed by atoms with van der Waals surface area (Å²) in [5.41, 5.74) is 0.517. The van der Waals surface area contributed by atoms with Gasteiger partial charge in [0.25, 0.3) is 10.0 Å². The van der Waals surface area contributed by atoms with Crippen LogP contribution < -0.4 is 4.72 Å². The smallest absolute Gasteiger partial charge is 0.262 e. The number of hydrogen-bond donors (Lipinski definition) is 1. The highest BCUT2D eigenvalue weighted by Crippen LogP contribution is 2.23. The summed E-state index contributed by atoms with van der Waals surface area (Å²) < 4.78 is 26.6. The highest BCUT2D eigenvalue weighted by Gasteiger charge is 2.15. The highest BCUT2D eigenvalue weighted by atomic mass is 35.5. The maximum Gasteiger partial charge on any atom is 0.262 e. The molecule has 1 heterocycles. The predicted molar refractivity (Wildman–Crippen MR) is 76.2 cm³/mol. The molecule has 1 aromatic carbocycles. The van der Waals surface area contributed by atoms with Crippen LogP contribution in [0.2, 0.25) is 10.2 Å². The van der Waals surface area contributed by atoms with E-state index in [-0.39, 0.29) is 26.3 Å². The monoisotopic (exact) mass is 327 g/mol. The molecule has 0 radical (unpaired) electrons. The molecule has 0 bridgehead atoms. The van der Waals surface area contributed by atoms with E-state index in [9.17, 15) is 8.42 Å². The number of nitrogens with one attached hydrogen (secondary N) is 1. The minimum absolute atomic E-state index is 0.0158. The lowest BCUT2D eigenvalue weighted by Crippen LogP contribution is -2.13. The Morgan fingerprint density at radius 2 is 1.95 bits per heavy atom. The third-order valence-corrected chi connectivity index (χ3v) is 4.25. The molecule has 0 aliphatic heterocycles. The third kappa shape index (κ3) is 3.20. The van der Waals surface area contributed by atoms with Gasteiger partial charge >= 0.3 is 0 Å². The van der Waals surface area contributed by atoms with Crippen LogP contribution in [-0.2, 0) is 10.0 Å². The quantitative estimate of drug-likeness (QED) is 0.878. The molecule has 2 rings (SSSR count). The molecule has 2 aromatic rings. The van der Waals surface area contributed by atoms with Crippen LogP contribution >= 0.6 is 23.2 Å². The van der Waals surface area contributed by atoms with Gasteiger partial charge in [-0.2, -0.15) is 5.26 Å². The van der Waals surface area contributed by atoms with Crippen molar-refractivity contribution in [1.82, 2.24) is 4.98 Å². The summed E-state index contributed by atoms with van der Waals surface area (Å²) in [7, 11) is -3.79. The Kier molecular flexibility index (Phi) is 4.14. The zero-order chi connectivity index (χ0) is 14.8. The third-order valence-electron chi connectivity index (χ3n) is 2.35. The lowest BCUT2D eigenvalue weighted by molar-refractivity contribution is 0.601. The molecule has 0 atom stereocenters. The van der Waals surface area contributed by atoms with Gasteiger partial charge in [-0.15, -0.1) is 0 Å². The highest BCUT2D eigenvalue weighted by molar-refractivity contribution is 7.92. The zero-order valence-electron chi connectivity index (χ0n) is 9.84. The summed E-state index contributed by atoms with van der Waals surface area (Å²) in [5.74, 6) is 0. The van der Waals surface area contributed by atoms with Crippen molar-refractivity contribution >= 4 is 38.9 Å². The van der Waals surface area contributed by atoms with Crippen LogP contribution in [0.5, 0.6) is 0 Å². The van der Waals surface area contributed by atoms with Crippen molar-refractivity contribution in [2.45, 2.75) is 4.90 Å². The average molecular weight is 328 g/mol. The van der Waals surface area contributed by atoms with E-state index in [1.165, 1.54) is 36.5 Å². The second kappa shape index (κ2) is 5.67. The van der Waals surface area contributed by atoms with Crippen molar-refractivity contribution < 1.29 is 8.42 Å². The van der Waals surface area contributed by atoms with Crippen molar-refractivity contribution in [3.8, 4) is 6.07 Å². The normalized spacial score (nSPS) is 10.8. The number of rotatable bonds is 3. The number of sulfonamides is 1. The summed E-state index contributed by atoms with van der Waals surface area (Å²) in [6.45, 7) is 0. The standard InChI is InChI=1S/C12H7Cl2N3O2S/c13-11-5-9(2-1-8(11)7-15)17-20(18,19)10-3-4-16-12(14)6-10/h1-6,17H. The van der Waals surface area contributed by atoms with E-state index < -0.39 is 10.0 Å². The van der Waals surface area contributed by atoms with Crippen LogP contribution in [0.1, 0.15) is 5.56 Å². The van der Waals surface area contributed by atoms with E-state index in [0.717, 1.165) is 0 Å². The molecule has 0 amide bonds. The molecule has 0 spiro atoms. The largest absolute Gasteiger partial charge is 0.280 e. The molecule has 0 aliphatic carbocycles. The number of hydrogen-bond acceptors (Lipinski definition) is 4. The first-order valence-corrected chi connectivity index (χ1v) is 7.50. The van der Waals surface area contributed by atoms with E-state index in [0.29, 0.717) is 0 Å². The summed E-state index contributed by atoms with van der Waals surface area (Å²) in [6.07, 6.45) is 1.29.